The number of hydrogen-bond acceptors (Lipinski definition) is 8. The van der Waals surface area contributed by atoms with Gasteiger partial charge in [-0.05, 0) is 84.6 Å². The van der Waals surface area contributed by atoms with Crippen LogP contribution in [0.5, 0.6) is 5.75 Å². The number of aromatic amines is 1. The first-order valence-corrected chi connectivity index (χ1v) is 21.3. The van der Waals surface area contributed by atoms with Crippen LogP contribution in [0.15, 0.2) is 114 Å². The number of rotatable bonds is 16. The van der Waals surface area contributed by atoms with Crippen LogP contribution in [-0.2, 0) is 43.9 Å². The van der Waals surface area contributed by atoms with E-state index < -0.39 is 11.5 Å². The summed E-state index contributed by atoms with van der Waals surface area (Å²) in [5.74, 6) is 0.0977. The van der Waals surface area contributed by atoms with E-state index in [-0.39, 0.29) is 48.0 Å². The Labute approximate surface area is 350 Å². The number of esters is 1. The number of amides is 2. The Hall–Kier alpha value is -5.78. The van der Waals surface area contributed by atoms with Crippen molar-refractivity contribution in [2.75, 3.05) is 39.3 Å². The van der Waals surface area contributed by atoms with Crippen molar-refractivity contribution in [2.45, 2.75) is 75.5 Å². The number of fused-ring (bicyclic) bond motifs is 4. The fourth-order valence-corrected chi connectivity index (χ4v) is 9.23. The van der Waals surface area contributed by atoms with E-state index >= 15 is 0 Å². The summed E-state index contributed by atoms with van der Waals surface area (Å²) in [5, 5.41) is 21.8. The second-order valence-electron chi connectivity index (χ2n) is 16.9. The van der Waals surface area contributed by atoms with Crippen LogP contribution in [0, 0.1) is 5.92 Å². The number of H-pyrrole nitrogens is 1. The highest BCUT2D eigenvalue weighted by molar-refractivity contribution is 5.90. The molecular formula is C49H54N4O7. The number of carbonyl (C=O) groups excluding carboxylic acids is 3. The maximum absolute atomic E-state index is 13.9. The number of aromatic hydroxyl groups is 1. The largest absolute Gasteiger partial charge is 0.506 e. The number of nitrogens with zero attached hydrogens (tertiary/aromatic N) is 3. The fourth-order valence-electron chi connectivity index (χ4n) is 9.23. The van der Waals surface area contributed by atoms with E-state index in [0.29, 0.717) is 55.0 Å². The molecule has 11 heteroatoms. The van der Waals surface area contributed by atoms with Gasteiger partial charge in [0.15, 0.2) is 0 Å². The van der Waals surface area contributed by atoms with E-state index in [1.807, 2.05) is 89.8 Å². The molecule has 5 aromatic rings. The lowest BCUT2D eigenvalue weighted by Gasteiger charge is -2.50. The molecule has 0 saturated carbocycles. The number of piperidine rings is 3. The molecule has 4 aliphatic heterocycles. The summed E-state index contributed by atoms with van der Waals surface area (Å²) in [7, 11) is 0. The number of aliphatic hydroxyl groups excluding tert-OH is 1. The molecule has 4 fully saturated rings. The Morgan fingerprint density at radius 2 is 1.48 bits per heavy atom. The Kier molecular flexibility index (Phi) is 12.5. The average Bonchev–Trinajstić information content (AvgIpc) is 3.25. The molecule has 4 aromatic carbocycles. The first-order chi connectivity index (χ1) is 29.1. The molecule has 4 aliphatic rings. The van der Waals surface area contributed by atoms with Crippen LogP contribution in [0.1, 0.15) is 72.4 Å². The minimum absolute atomic E-state index is 0.00947. The van der Waals surface area contributed by atoms with Gasteiger partial charge in [0, 0.05) is 44.2 Å². The Morgan fingerprint density at radius 1 is 0.800 bits per heavy atom. The van der Waals surface area contributed by atoms with Crippen molar-refractivity contribution in [1.82, 2.24) is 19.7 Å². The molecule has 3 N–H and O–H groups in total. The number of aliphatic hydroxyl groups is 1. The SMILES string of the molecule is O=C(Cc1ccc(CC(=O)N2CC(C(=O)O[C@H]3CN4CCC3CC4)(c3ccccc3)C2)cc1)N(CCCCC[C@H](O)c1ccc(O)c2[nH]c(=O)ccc12)Cc1ccccc1. The zero-order valence-electron chi connectivity index (χ0n) is 34.0. The molecule has 11 nitrogen and oxygen atoms in total. The predicted molar refractivity (Wildman–Crippen MR) is 229 cm³/mol. The molecule has 2 amide bonds. The second kappa shape index (κ2) is 18.2. The zero-order valence-corrected chi connectivity index (χ0v) is 34.0. The number of unbranched alkanes of at least 4 members (excludes halogenated alkanes) is 2. The van der Waals surface area contributed by atoms with Gasteiger partial charge >= 0.3 is 5.97 Å². The third-order valence-electron chi connectivity index (χ3n) is 12.8. The lowest BCUT2D eigenvalue weighted by atomic mass is 9.73. The van der Waals surface area contributed by atoms with E-state index in [0.717, 1.165) is 74.0 Å². The van der Waals surface area contributed by atoms with Crippen molar-refractivity contribution in [3.8, 4) is 5.75 Å². The summed E-state index contributed by atoms with van der Waals surface area (Å²) >= 11 is 0. The normalized spacial score (nSPS) is 19.7. The monoisotopic (exact) mass is 810 g/mol. The van der Waals surface area contributed by atoms with Gasteiger partial charge in [0.25, 0.3) is 0 Å². The maximum atomic E-state index is 13.9. The molecule has 5 heterocycles. The van der Waals surface area contributed by atoms with Crippen LogP contribution < -0.4 is 5.56 Å². The van der Waals surface area contributed by atoms with Crippen molar-refractivity contribution < 1.29 is 29.3 Å². The molecule has 2 atom stereocenters. The lowest BCUT2D eigenvalue weighted by molar-refractivity contribution is -0.175. The zero-order chi connectivity index (χ0) is 41.6. The number of carbonyl (C=O) groups is 3. The Balaban J connectivity index is 0.840. The van der Waals surface area contributed by atoms with Crippen LogP contribution in [-0.4, -0.2) is 93.1 Å². The van der Waals surface area contributed by atoms with Crippen molar-refractivity contribution in [3.05, 3.63) is 147 Å². The number of benzene rings is 4. The van der Waals surface area contributed by atoms with Crippen LogP contribution >= 0.6 is 0 Å². The summed E-state index contributed by atoms with van der Waals surface area (Å²) in [4.78, 5) is 61.7. The van der Waals surface area contributed by atoms with E-state index in [4.69, 9.17) is 4.74 Å². The van der Waals surface area contributed by atoms with Crippen molar-refractivity contribution in [1.29, 1.82) is 0 Å². The molecule has 0 radical (unpaired) electrons. The highest BCUT2D eigenvalue weighted by Crippen LogP contribution is 2.39. The number of likely N-dealkylation sites (tertiary alicyclic amines) is 1. The van der Waals surface area contributed by atoms with E-state index in [9.17, 15) is 29.4 Å². The molecule has 4 saturated heterocycles. The van der Waals surface area contributed by atoms with Crippen LogP contribution in [0.2, 0.25) is 0 Å². The number of ether oxygens (including phenoxy) is 1. The van der Waals surface area contributed by atoms with Gasteiger partial charge in [0.05, 0.1) is 24.5 Å². The summed E-state index contributed by atoms with van der Waals surface area (Å²) < 4.78 is 6.23. The summed E-state index contributed by atoms with van der Waals surface area (Å²) in [6.07, 6.45) is 4.47. The minimum atomic E-state index is -0.868. The van der Waals surface area contributed by atoms with Crippen molar-refractivity contribution in [2.24, 2.45) is 5.92 Å². The van der Waals surface area contributed by atoms with E-state index in [1.165, 1.54) is 12.1 Å². The lowest BCUT2D eigenvalue weighted by Crippen LogP contribution is -2.66. The predicted octanol–water partition coefficient (Wildman–Crippen LogP) is 6.06. The van der Waals surface area contributed by atoms with Crippen molar-refractivity contribution >= 4 is 28.7 Å². The number of hydrogen-bond donors (Lipinski definition) is 3. The molecule has 0 aliphatic carbocycles. The topological polar surface area (TPSA) is 143 Å². The Morgan fingerprint density at radius 3 is 2.17 bits per heavy atom. The number of nitrogens with one attached hydrogen (secondary N) is 1. The van der Waals surface area contributed by atoms with Crippen molar-refractivity contribution in [3.63, 3.8) is 0 Å². The molecule has 312 valence electrons. The van der Waals surface area contributed by atoms with Crippen LogP contribution in [0.3, 0.4) is 0 Å². The third kappa shape index (κ3) is 9.17. The van der Waals surface area contributed by atoms with Gasteiger partial charge in [-0.1, -0.05) is 104 Å². The molecule has 1 aromatic heterocycles. The summed E-state index contributed by atoms with van der Waals surface area (Å²) in [6, 6.07) is 33.5. The smallest absolute Gasteiger partial charge is 0.320 e. The number of phenols is 1. The number of phenolic OH excluding ortho intramolecular Hbond substituents is 1. The molecular weight excluding hydrogens is 757 g/mol. The number of aromatic nitrogens is 1. The summed E-state index contributed by atoms with van der Waals surface area (Å²) in [5.41, 5.74) is 3.41. The molecule has 0 spiro atoms. The van der Waals surface area contributed by atoms with Gasteiger partial charge in [-0.15, -0.1) is 0 Å². The van der Waals surface area contributed by atoms with Gasteiger partial charge in [-0.3, -0.25) is 24.1 Å². The first-order valence-electron chi connectivity index (χ1n) is 21.3. The quantitative estimate of drug-likeness (QED) is 0.0807. The molecule has 2 bridgehead atoms. The number of pyridine rings is 1. The van der Waals surface area contributed by atoms with E-state index in [2.05, 4.69) is 9.88 Å². The van der Waals surface area contributed by atoms with Crippen LogP contribution in [0.25, 0.3) is 10.9 Å². The summed E-state index contributed by atoms with van der Waals surface area (Å²) in [6.45, 7) is 4.56. The molecule has 0 unspecified atom stereocenters. The standard InChI is InChI=1S/C49H54N4O7/c54-41(39-19-21-42(55)47-40(39)20-22-44(56)50-47)14-8-3-9-25-52(30-36-10-4-1-5-11-36)45(57)28-34-15-17-35(18-16-34)29-46(58)53-32-49(33-53,38-12-6-2-7-13-38)48(59)60-43-31-51-26-23-37(43)24-27-51/h1-2,4-7,10-13,15-22,37,41,43,54-55H,3,8-9,14,23-33H2,(H,50,56)/t41-,43-/m0/s1. The van der Waals surface area contributed by atoms with Gasteiger partial charge in [-0.25, -0.2) is 0 Å². The Bertz CT molecular complexity index is 2340. The van der Waals surface area contributed by atoms with Crippen LogP contribution in [0.4, 0.5) is 0 Å². The average molecular weight is 811 g/mol. The fraction of sp³-hybridized carbons (Fsp3) is 0.388. The molecule has 60 heavy (non-hydrogen) atoms. The highest BCUT2D eigenvalue weighted by atomic mass is 16.5. The van der Waals surface area contributed by atoms with Gasteiger partial charge < -0.3 is 29.7 Å². The second-order valence-corrected chi connectivity index (χ2v) is 16.9. The maximum Gasteiger partial charge on any atom is 0.320 e. The van der Waals surface area contributed by atoms with Gasteiger partial charge in [-0.2, -0.15) is 0 Å². The first kappa shape index (κ1) is 41.0. The highest BCUT2D eigenvalue weighted by Gasteiger charge is 2.54. The third-order valence-corrected chi connectivity index (χ3v) is 12.8. The van der Waals surface area contributed by atoms with Gasteiger partial charge in [0.2, 0.25) is 17.4 Å². The molecule has 9 rings (SSSR count). The van der Waals surface area contributed by atoms with E-state index in [1.54, 1.807) is 17.0 Å². The van der Waals surface area contributed by atoms with Gasteiger partial charge in [0.1, 0.15) is 17.3 Å². The minimum Gasteiger partial charge on any atom is -0.506 e.